The fraction of sp³-hybridized carbons (Fsp3) is 0.412. The lowest BCUT2D eigenvalue weighted by Crippen LogP contribution is -2.45. The molecule has 1 aromatic carbocycles. The molecule has 3 N–H and O–H groups in total. The van der Waals surface area contributed by atoms with E-state index >= 15 is 0 Å². The van der Waals surface area contributed by atoms with Gasteiger partial charge in [0.25, 0.3) is 0 Å². The van der Waals surface area contributed by atoms with Gasteiger partial charge in [0.15, 0.2) is 0 Å². The minimum atomic E-state index is -0.888. The van der Waals surface area contributed by atoms with Gasteiger partial charge in [-0.25, -0.2) is 4.98 Å². The van der Waals surface area contributed by atoms with Crippen molar-refractivity contribution in [2.75, 3.05) is 5.32 Å². The number of nitrogens with one attached hydrogen (secondary N) is 1. The zero-order valence-electron chi connectivity index (χ0n) is 13.1. The first-order chi connectivity index (χ1) is 10.4. The molecule has 5 heteroatoms. The van der Waals surface area contributed by atoms with E-state index in [4.69, 9.17) is 5.73 Å². The molecule has 2 heterocycles. The number of nitrogens with zero attached hydrogens (tertiary/aromatic N) is 2. The number of anilines is 1. The SMILES string of the molecule is CC(C)(N)C(=O)Nc1ccc(-c2ncc3n2CCCC3)cc1. The zero-order chi connectivity index (χ0) is 15.7. The van der Waals surface area contributed by atoms with E-state index in [0.29, 0.717) is 0 Å². The van der Waals surface area contributed by atoms with E-state index in [9.17, 15) is 4.79 Å². The molecule has 3 rings (SSSR count). The summed E-state index contributed by atoms with van der Waals surface area (Å²) < 4.78 is 2.29. The predicted octanol–water partition coefficient (Wildman–Crippen LogP) is 2.56. The topological polar surface area (TPSA) is 72.9 Å². The van der Waals surface area contributed by atoms with Gasteiger partial charge in [0.05, 0.1) is 5.54 Å². The Balaban J connectivity index is 1.80. The summed E-state index contributed by atoms with van der Waals surface area (Å²) in [5, 5.41) is 2.83. The molecule has 2 aromatic rings. The largest absolute Gasteiger partial charge is 0.328 e. The summed E-state index contributed by atoms with van der Waals surface area (Å²) in [6.07, 6.45) is 5.52. The molecule has 0 radical (unpaired) electrons. The molecule has 0 saturated heterocycles. The van der Waals surface area contributed by atoms with Crippen LogP contribution in [0.3, 0.4) is 0 Å². The molecule has 1 amide bonds. The minimum absolute atomic E-state index is 0.196. The summed E-state index contributed by atoms with van der Waals surface area (Å²) in [5.41, 5.74) is 8.02. The van der Waals surface area contributed by atoms with Crippen molar-refractivity contribution in [2.45, 2.75) is 45.2 Å². The maximum atomic E-state index is 11.9. The van der Waals surface area contributed by atoms with E-state index < -0.39 is 5.54 Å². The molecule has 22 heavy (non-hydrogen) atoms. The second-order valence-corrected chi connectivity index (χ2v) is 6.44. The molecule has 116 valence electrons. The van der Waals surface area contributed by atoms with E-state index in [1.165, 1.54) is 18.5 Å². The highest BCUT2D eigenvalue weighted by atomic mass is 16.2. The summed E-state index contributed by atoms with van der Waals surface area (Å²) in [6.45, 7) is 4.41. The van der Waals surface area contributed by atoms with Crippen LogP contribution in [0.25, 0.3) is 11.4 Å². The average molecular weight is 298 g/mol. The Kier molecular flexibility index (Phi) is 3.74. The van der Waals surface area contributed by atoms with E-state index in [1.54, 1.807) is 13.8 Å². The Morgan fingerprint density at radius 2 is 2.00 bits per heavy atom. The van der Waals surface area contributed by atoms with E-state index in [-0.39, 0.29) is 5.91 Å². The quantitative estimate of drug-likeness (QED) is 0.914. The molecule has 1 aromatic heterocycles. The third kappa shape index (κ3) is 2.90. The molecule has 1 aliphatic rings. The van der Waals surface area contributed by atoms with Crippen molar-refractivity contribution in [3.8, 4) is 11.4 Å². The van der Waals surface area contributed by atoms with E-state index in [0.717, 1.165) is 30.0 Å². The van der Waals surface area contributed by atoms with Crippen molar-refractivity contribution in [3.05, 3.63) is 36.2 Å². The van der Waals surface area contributed by atoms with Gasteiger partial charge in [0, 0.05) is 29.7 Å². The highest BCUT2D eigenvalue weighted by molar-refractivity contribution is 5.97. The van der Waals surface area contributed by atoms with Crippen molar-refractivity contribution >= 4 is 11.6 Å². The highest BCUT2D eigenvalue weighted by Crippen LogP contribution is 2.25. The van der Waals surface area contributed by atoms with Gasteiger partial charge in [-0.3, -0.25) is 4.79 Å². The van der Waals surface area contributed by atoms with Gasteiger partial charge >= 0.3 is 0 Å². The number of rotatable bonds is 3. The van der Waals surface area contributed by atoms with Gasteiger partial charge in [0.1, 0.15) is 5.82 Å². The van der Waals surface area contributed by atoms with Crippen LogP contribution in [-0.4, -0.2) is 21.0 Å². The lowest BCUT2D eigenvalue weighted by molar-refractivity contribution is -0.120. The molecular formula is C17H22N4O. The van der Waals surface area contributed by atoms with Gasteiger partial charge in [0.2, 0.25) is 5.91 Å². The molecule has 0 bridgehead atoms. The Labute approximate surface area is 130 Å². The smallest absolute Gasteiger partial charge is 0.243 e. The summed E-state index contributed by atoms with van der Waals surface area (Å²) in [6, 6.07) is 7.76. The van der Waals surface area contributed by atoms with Crippen LogP contribution in [0.4, 0.5) is 5.69 Å². The number of amides is 1. The molecule has 5 nitrogen and oxygen atoms in total. The first-order valence-corrected chi connectivity index (χ1v) is 7.70. The Hall–Kier alpha value is -2.14. The summed E-state index contributed by atoms with van der Waals surface area (Å²) in [4.78, 5) is 16.4. The van der Waals surface area contributed by atoms with Gasteiger partial charge in [-0.2, -0.15) is 0 Å². The molecule has 0 saturated carbocycles. The van der Waals surface area contributed by atoms with Crippen molar-refractivity contribution in [1.82, 2.24) is 9.55 Å². The number of carbonyl (C=O) groups excluding carboxylic acids is 1. The minimum Gasteiger partial charge on any atom is -0.328 e. The molecule has 0 spiro atoms. The zero-order valence-corrected chi connectivity index (χ0v) is 13.1. The van der Waals surface area contributed by atoms with E-state index in [2.05, 4.69) is 14.9 Å². The van der Waals surface area contributed by atoms with Gasteiger partial charge < -0.3 is 15.6 Å². The molecule has 1 aliphatic heterocycles. The summed E-state index contributed by atoms with van der Waals surface area (Å²) in [7, 11) is 0. The highest BCUT2D eigenvalue weighted by Gasteiger charge is 2.22. The van der Waals surface area contributed by atoms with Crippen molar-refractivity contribution in [2.24, 2.45) is 5.73 Å². The lowest BCUT2D eigenvalue weighted by atomic mass is 10.1. The first kappa shape index (κ1) is 14.8. The van der Waals surface area contributed by atoms with Crippen LogP contribution in [0.15, 0.2) is 30.5 Å². The Morgan fingerprint density at radius 3 is 2.68 bits per heavy atom. The van der Waals surface area contributed by atoms with Crippen LogP contribution >= 0.6 is 0 Å². The summed E-state index contributed by atoms with van der Waals surface area (Å²) >= 11 is 0. The van der Waals surface area contributed by atoms with Gasteiger partial charge in [-0.15, -0.1) is 0 Å². The maximum absolute atomic E-state index is 11.9. The van der Waals surface area contributed by atoms with E-state index in [1.807, 2.05) is 30.5 Å². The standard InChI is InChI=1S/C17H22N4O/c1-17(2,18)16(22)20-13-8-6-12(7-9-13)15-19-11-14-5-3-4-10-21(14)15/h6-9,11H,3-5,10,18H2,1-2H3,(H,20,22). The van der Waals surface area contributed by atoms with Gasteiger partial charge in [-0.05, 0) is 57.4 Å². The molecule has 0 unspecified atom stereocenters. The Bertz CT molecular complexity index is 680. The molecule has 0 aliphatic carbocycles. The lowest BCUT2D eigenvalue weighted by Gasteiger charge is -2.18. The van der Waals surface area contributed by atoms with Crippen LogP contribution < -0.4 is 11.1 Å². The van der Waals surface area contributed by atoms with Crippen LogP contribution in [0, 0.1) is 0 Å². The predicted molar refractivity (Wildman–Crippen MR) is 87.5 cm³/mol. The summed E-state index contributed by atoms with van der Waals surface area (Å²) in [5.74, 6) is 0.810. The van der Waals surface area contributed by atoms with Crippen molar-refractivity contribution in [1.29, 1.82) is 0 Å². The number of imidazole rings is 1. The number of hydrogen-bond donors (Lipinski definition) is 2. The number of fused-ring (bicyclic) bond motifs is 1. The maximum Gasteiger partial charge on any atom is 0.243 e. The fourth-order valence-corrected chi connectivity index (χ4v) is 2.66. The third-order valence-electron chi connectivity index (χ3n) is 3.99. The molecule has 0 fully saturated rings. The number of nitrogens with two attached hydrogens (primary N) is 1. The molecular weight excluding hydrogens is 276 g/mol. The monoisotopic (exact) mass is 298 g/mol. The molecule has 0 atom stereocenters. The van der Waals surface area contributed by atoms with Crippen molar-refractivity contribution < 1.29 is 4.79 Å². The van der Waals surface area contributed by atoms with Crippen LogP contribution in [0.5, 0.6) is 0 Å². The first-order valence-electron chi connectivity index (χ1n) is 7.70. The van der Waals surface area contributed by atoms with Gasteiger partial charge in [-0.1, -0.05) is 0 Å². The average Bonchev–Trinajstić information content (AvgIpc) is 2.91. The van der Waals surface area contributed by atoms with Crippen LogP contribution in [0.2, 0.25) is 0 Å². The number of hydrogen-bond acceptors (Lipinski definition) is 3. The fourth-order valence-electron chi connectivity index (χ4n) is 2.66. The number of aryl methyl sites for hydroxylation is 1. The number of carbonyl (C=O) groups is 1. The normalized spacial score (nSPS) is 14.5. The van der Waals surface area contributed by atoms with Crippen molar-refractivity contribution in [3.63, 3.8) is 0 Å². The number of aromatic nitrogens is 2. The van der Waals surface area contributed by atoms with Crippen LogP contribution in [-0.2, 0) is 17.8 Å². The second-order valence-electron chi connectivity index (χ2n) is 6.44. The third-order valence-corrected chi connectivity index (χ3v) is 3.99. The second kappa shape index (κ2) is 5.57. The Morgan fingerprint density at radius 1 is 1.27 bits per heavy atom. The number of benzene rings is 1. The van der Waals surface area contributed by atoms with Crippen LogP contribution in [0.1, 0.15) is 32.4 Å².